The molecule has 0 aliphatic heterocycles. The first-order valence-electron chi connectivity index (χ1n) is 5.68. The lowest BCUT2D eigenvalue weighted by atomic mass is 10.0. The highest BCUT2D eigenvalue weighted by Crippen LogP contribution is 2.47. The van der Waals surface area contributed by atoms with Gasteiger partial charge in [-0.1, -0.05) is 13.8 Å². The van der Waals surface area contributed by atoms with Crippen molar-refractivity contribution in [2.24, 2.45) is 11.3 Å². The first-order valence-corrected chi connectivity index (χ1v) is 5.68. The molecule has 0 spiro atoms. The molecule has 0 aromatic heterocycles. The van der Waals surface area contributed by atoms with Gasteiger partial charge in [0.1, 0.15) is 0 Å². The van der Waals surface area contributed by atoms with Crippen LogP contribution in [0.5, 0.6) is 0 Å². The van der Waals surface area contributed by atoms with Crippen LogP contribution in [0, 0.1) is 11.3 Å². The lowest BCUT2D eigenvalue weighted by Gasteiger charge is -2.22. The summed E-state index contributed by atoms with van der Waals surface area (Å²) >= 11 is 0. The van der Waals surface area contributed by atoms with Gasteiger partial charge in [0.05, 0.1) is 12.0 Å². The molecule has 3 nitrogen and oxygen atoms in total. The standard InChI is InChI=1S/C11H18F3NO2/c1-7(2)8(3)15-9(16)10(4-5-10)6-17-11(12,13)14/h7-8H,4-6H2,1-3H3,(H,15,16)/t8-/m1/s1. The molecule has 0 heterocycles. The van der Waals surface area contributed by atoms with Crippen LogP contribution in [0.4, 0.5) is 13.2 Å². The SMILES string of the molecule is CC(C)[C@@H](C)NC(=O)C1(COC(F)(F)F)CC1. The molecule has 6 heteroatoms. The van der Waals surface area contributed by atoms with Crippen molar-refractivity contribution in [3.8, 4) is 0 Å². The summed E-state index contributed by atoms with van der Waals surface area (Å²) in [5.74, 6) is -0.0822. The average Bonchev–Trinajstić information content (AvgIpc) is 2.94. The lowest BCUT2D eigenvalue weighted by molar-refractivity contribution is -0.328. The van der Waals surface area contributed by atoms with Crippen LogP contribution >= 0.6 is 0 Å². The van der Waals surface area contributed by atoms with Gasteiger partial charge in [-0.05, 0) is 25.7 Å². The number of rotatable bonds is 5. The molecule has 0 unspecified atom stereocenters. The van der Waals surface area contributed by atoms with Crippen molar-refractivity contribution in [2.45, 2.75) is 46.0 Å². The van der Waals surface area contributed by atoms with E-state index in [4.69, 9.17) is 0 Å². The largest absolute Gasteiger partial charge is 0.522 e. The van der Waals surface area contributed by atoms with Gasteiger partial charge >= 0.3 is 6.36 Å². The van der Waals surface area contributed by atoms with Gasteiger partial charge in [0.25, 0.3) is 0 Å². The number of carbonyl (C=O) groups is 1. The minimum Gasteiger partial charge on any atom is -0.353 e. The van der Waals surface area contributed by atoms with Gasteiger partial charge in [-0.3, -0.25) is 9.53 Å². The third kappa shape index (κ3) is 4.18. The number of carbonyl (C=O) groups excluding carboxylic acids is 1. The molecule has 1 aliphatic carbocycles. The Bertz CT molecular complexity index is 285. The zero-order chi connectivity index (χ0) is 13.3. The molecule has 1 atom stereocenters. The van der Waals surface area contributed by atoms with E-state index < -0.39 is 18.4 Å². The van der Waals surface area contributed by atoms with Gasteiger partial charge < -0.3 is 5.32 Å². The highest BCUT2D eigenvalue weighted by molar-refractivity contribution is 5.85. The van der Waals surface area contributed by atoms with E-state index in [1.165, 1.54) is 0 Å². The van der Waals surface area contributed by atoms with Crippen molar-refractivity contribution in [3.05, 3.63) is 0 Å². The van der Waals surface area contributed by atoms with Crippen LogP contribution in [0.3, 0.4) is 0 Å². The van der Waals surface area contributed by atoms with Crippen LogP contribution in [0.15, 0.2) is 0 Å². The van der Waals surface area contributed by atoms with E-state index in [1.54, 1.807) is 0 Å². The monoisotopic (exact) mass is 253 g/mol. The summed E-state index contributed by atoms with van der Waals surface area (Å²) in [5, 5.41) is 2.73. The third-order valence-corrected chi connectivity index (χ3v) is 3.21. The Morgan fingerprint density at radius 1 is 1.35 bits per heavy atom. The van der Waals surface area contributed by atoms with E-state index >= 15 is 0 Å². The Morgan fingerprint density at radius 2 is 1.88 bits per heavy atom. The first-order chi connectivity index (χ1) is 7.66. The van der Waals surface area contributed by atoms with E-state index in [9.17, 15) is 18.0 Å². The topological polar surface area (TPSA) is 38.3 Å². The second-order valence-electron chi connectivity index (χ2n) is 5.02. The highest BCUT2D eigenvalue weighted by Gasteiger charge is 2.52. The fraction of sp³-hybridized carbons (Fsp3) is 0.909. The summed E-state index contributed by atoms with van der Waals surface area (Å²) in [6.45, 7) is 5.14. The maximum absolute atomic E-state index is 11.9. The molecule has 1 fully saturated rings. The lowest BCUT2D eigenvalue weighted by Crippen LogP contribution is -2.42. The fourth-order valence-corrected chi connectivity index (χ4v) is 1.33. The van der Waals surface area contributed by atoms with Crippen LogP contribution in [0.2, 0.25) is 0 Å². The Balaban J connectivity index is 2.46. The van der Waals surface area contributed by atoms with Gasteiger partial charge in [0.15, 0.2) is 0 Å². The Hall–Kier alpha value is -0.780. The first kappa shape index (κ1) is 14.3. The molecule has 1 aliphatic rings. The minimum absolute atomic E-state index is 0.0501. The van der Waals surface area contributed by atoms with E-state index in [0.717, 1.165) is 0 Å². The summed E-state index contributed by atoms with van der Waals surface area (Å²) in [4.78, 5) is 11.8. The fourth-order valence-electron chi connectivity index (χ4n) is 1.33. The van der Waals surface area contributed by atoms with Crippen molar-refractivity contribution in [1.29, 1.82) is 0 Å². The molecule has 0 bridgehead atoms. The maximum atomic E-state index is 11.9. The van der Waals surface area contributed by atoms with Gasteiger partial charge in [-0.15, -0.1) is 13.2 Å². The van der Waals surface area contributed by atoms with E-state index in [2.05, 4.69) is 10.1 Å². The molecule has 0 aromatic rings. The summed E-state index contributed by atoms with van der Waals surface area (Å²) in [6, 6.07) is -0.0501. The molecule has 1 saturated carbocycles. The smallest absolute Gasteiger partial charge is 0.353 e. The number of hydrogen-bond donors (Lipinski definition) is 1. The molecular weight excluding hydrogens is 235 g/mol. The zero-order valence-corrected chi connectivity index (χ0v) is 10.2. The van der Waals surface area contributed by atoms with Crippen LogP contribution in [-0.4, -0.2) is 24.9 Å². The Morgan fingerprint density at radius 3 is 2.24 bits per heavy atom. The van der Waals surface area contributed by atoms with Crippen LogP contribution in [-0.2, 0) is 9.53 Å². The van der Waals surface area contributed by atoms with E-state index in [-0.39, 0.29) is 17.9 Å². The predicted molar refractivity (Wildman–Crippen MR) is 56.1 cm³/mol. The molecule has 0 radical (unpaired) electrons. The van der Waals surface area contributed by atoms with Crippen molar-refractivity contribution < 1.29 is 22.7 Å². The van der Waals surface area contributed by atoms with Crippen LogP contribution < -0.4 is 5.32 Å². The third-order valence-electron chi connectivity index (χ3n) is 3.21. The number of hydrogen-bond acceptors (Lipinski definition) is 2. The number of ether oxygens (including phenoxy) is 1. The summed E-state index contributed by atoms with van der Waals surface area (Å²) in [5.41, 5.74) is -0.960. The number of halogens is 3. The number of nitrogens with one attached hydrogen (secondary N) is 1. The van der Waals surface area contributed by atoms with Gasteiger partial charge in [0, 0.05) is 6.04 Å². The molecule has 100 valence electrons. The Kier molecular flexibility index (Phi) is 4.06. The minimum atomic E-state index is -4.67. The zero-order valence-electron chi connectivity index (χ0n) is 10.2. The van der Waals surface area contributed by atoms with E-state index in [0.29, 0.717) is 12.8 Å². The van der Waals surface area contributed by atoms with Crippen LogP contribution in [0.1, 0.15) is 33.6 Å². The Labute approximate surface area is 98.7 Å². The molecule has 1 N–H and O–H groups in total. The average molecular weight is 253 g/mol. The highest BCUT2D eigenvalue weighted by atomic mass is 19.4. The normalized spacial score (nSPS) is 20.2. The van der Waals surface area contributed by atoms with Gasteiger partial charge in [-0.25, -0.2) is 0 Å². The van der Waals surface area contributed by atoms with Crippen LogP contribution in [0.25, 0.3) is 0 Å². The van der Waals surface area contributed by atoms with Crippen molar-refractivity contribution in [1.82, 2.24) is 5.32 Å². The van der Waals surface area contributed by atoms with Crippen molar-refractivity contribution >= 4 is 5.91 Å². The molecule has 1 rings (SSSR count). The quantitative estimate of drug-likeness (QED) is 0.817. The van der Waals surface area contributed by atoms with Gasteiger partial charge in [-0.2, -0.15) is 0 Å². The summed E-state index contributed by atoms with van der Waals surface area (Å²) in [6.07, 6.45) is -3.75. The molecule has 17 heavy (non-hydrogen) atoms. The predicted octanol–water partition coefficient (Wildman–Crippen LogP) is 2.46. The number of alkyl halides is 3. The second kappa shape index (κ2) is 4.84. The number of amides is 1. The molecule has 0 saturated heterocycles. The van der Waals surface area contributed by atoms with Gasteiger partial charge in [0.2, 0.25) is 5.91 Å². The second-order valence-corrected chi connectivity index (χ2v) is 5.02. The van der Waals surface area contributed by atoms with E-state index in [1.807, 2.05) is 20.8 Å². The summed E-state index contributed by atoms with van der Waals surface area (Å²) < 4.78 is 39.5. The summed E-state index contributed by atoms with van der Waals surface area (Å²) in [7, 11) is 0. The molecular formula is C11H18F3NO2. The molecule has 0 aromatic carbocycles. The maximum Gasteiger partial charge on any atom is 0.522 e. The van der Waals surface area contributed by atoms with Crippen molar-refractivity contribution in [3.63, 3.8) is 0 Å². The van der Waals surface area contributed by atoms with Crippen molar-refractivity contribution in [2.75, 3.05) is 6.61 Å². The molecule has 1 amide bonds.